The second-order valence-corrected chi connectivity index (χ2v) is 10.2. The normalized spacial score (nSPS) is 30.0. The molecule has 5 nitrogen and oxygen atoms in total. The first-order valence-electron chi connectivity index (χ1n) is 8.39. The summed E-state index contributed by atoms with van der Waals surface area (Å²) >= 11 is 0. The van der Waals surface area contributed by atoms with Crippen molar-refractivity contribution in [3.05, 3.63) is 0 Å². The first-order valence-corrected chi connectivity index (χ1v) is 10.2. The molecule has 0 spiro atoms. The topological polar surface area (TPSA) is 66.5 Å². The van der Waals surface area contributed by atoms with Crippen LogP contribution >= 0.6 is 0 Å². The molecule has 2 fully saturated rings. The van der Waals surface area contributed by atoms with Gasteiger partial charge in [0.15, 0.2) is 9.84 Å². The molecule has 22 heavy (non-hydrogen) atoms. The fourth-order valence-electron chi connectivity index (χ4n) is 3.70. The van der Waals surface area contributed by atoms with Crippen LogP contribution in [-0.2, 0) is 14.6 Å². The second-order valence-electron chi connectivity index (χ2n) is 7.86. The predicted molar refractivity (Wildman–Crippen MR) is 88.4 cm³/mol. The molecule has 0 aromatic rings. The van der Waals surface area contributed by atoms with Crippen molar-refractivity contribution < 1.29 is 13.2 Å². The minimum Gasteiger partial charge on any atom is -0.352 e. The number of rotatable bonds is 3. The van der Waals surface area contributed by atoms with Gasteiger partial charge in [0.1, 0.15) is 0 Å². The van der Waals surface area contributed by atoms with Crippen molar-refractivity contribution in [3.8, 4) is 0 Å². The van der Waals surface area contributed by atoms with Gasteiger partial charge in [-0.05, 0) is 24.2 Å². The van der Waals surface area contributed by atoms with Crippen molar-refractivity contribution in [2.75, 3.05) is 31.1 Å². The summed E-state index contributed by atoms with van der Waals surface area (Å²) in [6.45, 7) is 8.02. The van der Waals surface area contributed by atoms with Crippen molar-refractivity contribution in [1.29, 1.82) is 0 Å². The zero-order chi connectivity index (χ0) is 16.4. The molecular weight excluding hydrogens is 300 g/mol. The van der Waals surface area contributed by atoms with E-state index in [1.807, 2.05) is 4.90 Å². The van der Waals surface area contributed by atoms with Crippen molar-refractivity contribution in [1.82, 2.24) is 10.2 Å². The van der Waals surface area contributed by atoms with E-state index in [9.17, 15) is 13.2 Å². The lowest BCUT2D eigenvalue weighted by Gasteiger charge is -2.41. The highest BCUT2D eigenvalue weighted by molar-refractivity contribution is 7.91. The third-order valence-electron chi connectivity index (χ3n) is 5.03. The average molecular weight is 330 g/mol. The third-order valence-corrected chi connectivity index (χ3v) is 6.64. The maximum atomic E-state index is 12.3. The van der Waals surface area contributed by atoms with E-state index in [4.69, 9.17) is 0 Å². The standard InChI is InChI=1S/C16H30N2O3S/c1-16(2,3)13-6-4-5-7-14(13)17-15(19)12-18-8-10-22(20,21)11-9-18/h13-14H,4-12H2,1-3H3,(H,17,19). The lowest BCUT2D eigenvalue weighted by molar-refractivity contribution is -0.123. The molecule has 2 unspecified atom stereocenters. The Labute approximate surface area is 134 Å². The summed E-state index contributed by atoms with van der Waals surface area (Å²) in [5.41, 5.74) is 0.206. The van der Waals surface area contributed by atoms with Gasteiger partial charge < -0.3 is 5.32 Å². The van der Waals surface area contributed by atoms with Gasteiger partial charge in [0, 0.05) is 19.1 Å². The Morgan fingerprint density at radius 1 is 1.14 bits per heavy atom. The lowest BCUT2D eigenvalue weighted by Crippen LogP contribution is -2.51. The number of nitrogens with one attached hydrogen (secondary N) is 1. The Bertz CT molecular complexity index is 482. The fourth-order valence-corrected chi connectivity index (χ4v) is 4.98. The van der Waals surface area contributed by atoms with Crippen LogP contribution in [0.4, 0.5) is 0 Å². The molecule has 2 rings (SSSR count). The summed E-state index contributed by atoms with van der Waals surface area (Å²) in [4.78, 5) is 14.3. The zero-order valence-electron chi connectivity index (χ0n) is 14.1. The molecule has 2 aliphatic rings. The number of hydrogen-bond acceptors (Lipinski definition) is 4. The monoisotopic (exact) mass is 330 g/mol. The maximum Gasteiger partial charge on any atom is 0.234 e. The van der Waals surface area contributed by atoms with E-state index in [0.29, 0.717) is 25.6 Å². The first kappa shape index (κ1) is 17.7. The van der Waals surface area contributed by atoms with E-state index in [1.54, 1.807) is 0 Å². The van der Waals surface area contributed by atoms with Crippen molar-refractivity contribution >= 4 is 15.7 Å². The third kappa shape index (κ3) is 4.95. The molecule has 0 bridgehead atoms. The highest BCUT2D eigenvalue weighted by Gasteiger charge is 2.35. The van der Waals surface area contributed by atoms with Gasteiger partial charge in [-0.1, -0.05) is 33.6 Å². The molecule has 1 saturated heterocycles. The van der Waals surface area contributed by atoms with Crippen molar-refractivity contribution in [2.45, 2.75) is 52.5 Å². The van der Waals surface area contributed by atoms with Gasteiger partial charge >= 0.3 is 0 Å². The van der Waals surface area contributed by atoms with Crippen LogP contribution in [-0.4, -0.2) is 56.4 Å². The van der Waals surface area contributed by atoms with Gasteiger partial charge in [0.2, 0.25) is 5.91 Å². The van der Waals surface area contributed by atoms with E-state index >= 15 is 0 Å². The molecule has 1 aliphatic carbocycles. The Hall–Kier alpha value is -0.620. The summed E-state index contributed by atoms with van der Waals surface area (Å²) in [5, 5.41) is 3.21. The summed E-state index contributed by atoms with van der Waals surface area (Å²) in [5.74, 6) is 0.912. The average Bonchev–Trinajstić information content (AvgIpc) is 2.40. The zero-order valence-corrected chi connectivity index (χ0v) is 14.9. The molecule has 1 aliphatic heterocycles. The summed E-state index contributed by atoms with van der Waals surface area (Å²) in [7, 11) is -2.88. The van der Waals surface area contributed by atoms with Crippen LogP contribution in [0.5, 0.6) is 0 Å². The molecule has 1 heterocycles. The second kappa shape index (κ2) is 6.87. The Morgan fingerprint density at radius 3 is 2.32 bits per heavy atom. The van der Waals surface area contributed by atoms with Crippen LogP contribution in [0.15, 0.2) is 0 Å². The molecule has 0 aromatic carbocycles. The minimum atomic E-state index is -2.88. The minimum absolute atomic E-state index is 0.0421. The summed E-state index contributed by atoms with van der Waals surface area (Å²) < 4.78 is 22.8. The number of amides is 1. The summed E-state index contributed by atoms with van der Waals surface area (Å²) in [6.07, 6.45) is 4.66. The SMILES string of the molecule is CC(C)(C)C1CCCCC1NC(=O)CN1CCS(=O)(=O)CC1. The maximum absolute atomic E-state index is 12.3. The van der Waals surface area contributed by atoms with Gasteiger partial charge in [-0.25, -0.2) is 8.42 Å². The fraction of sp³-hybridized carbons (Fsp3) is 0.938. The van der Waals surface area contributed by atoms with Crippen LogP contribution in [0.2, 0.25) is 0 Å². The van der Waals surface area contributed by atoms with Crippen LogP contribution in [0, 0.1) is 11.3 Å². The molecule has 1 amide bonds. The van der Waals surface area contributed by atoms with E-state index in [1.165, 1.54) is 19.3 Å². The molecule has 0 aromatic heterocycles. The van der Waals surface area contributed by atoms with Crippen molar-refractivity contribution in [3.63, 3.8) is 0 Å². The van der Waals surface area contributed by atoms with Crippen molar-refractivity contribution in [2.24, 2.45) is 11.3 Å². The van der Waals surface area contributed by atoms with Crippen LogP contribution in [0.3, 0.4) is 0 Å². The summed E-state index contributed by atoms with van der Waals surface area (Å²) in [6, 6.07) is 0.259. The van der Waals surface area contributed by atoms with Gasteiger partial charge in [-0.3, -0.25) is 9.69 Å². The van der Waals surface area contributed by atoms with Crippen LogP contribution in [0.25, 0.3) is 0 Å². The lowest BCUT2D eigenvalue weighted by atomic mass is 9.69. The molecule has 0 radical (unpaired) electrons. The van der Waals surface area contributed by atoms with Crippen LogP contribution < -0.4 is 5.32 Å². The Morgan fingerprint density at radius 2 is 1.73 bits per heavy atom. The highest BCUT2D eigenvalue weighted by atomic mass is 32.2. The van der Waals surface area contributed by atoms with E-state index < -0.39 is 9.84 Å². The molecule has 1 N–H and O–H groups in total. The molecular formula is C16H30N2O3S. The first-order chi connectivity index (χ1) is 10.2. The number of carbonyl (C=O) groups is 1. The van der Waals surface area contributed by atoms with Gasteiger partial charge in [-0.15, -0.1) is 0 Å². The molecule has 2 atom stereocenters. The van der Waals surface area contributed by atoms with Crippen LogP contribution in [0.1, 0.15) is 46.5 Å². The quantitative estimate of drug-likeness (QED) is 0.850. The largest absolute Gasteiger partial charge is 0.352 e. The smallest absolute Gasteiger partial charge is 0.234 e. The van der Waals surface area contributed by atoms with E-state index in [2.05, 4.69) is 26.1 Å². The van der Waals surface area contributed by atoms with E-state index in [0.717, 1.165) is 6.42 Å². The highest BCUT2D eigenvalue weighted by Crippen LogP contribution is 2.37. The van der Waals surface area contributed by atoms with Gasteiger partial charge in [-0.2, -0.15) is 0 Å². The molecule has 6 heteroatoms. The molecule has 128 valence electrons. The number of carbonyl (C=O) groups excluding carboxylic acids is 1. The number of hydrogen-bond donors (Lipinski definition) is 1. The number of nitrogens with zero attached hydrogens (tertiary/aromatic N) is 1. The number of sulfone groups is 1. The Kier molecular flexibility index (Phi) is 5.54. The predicted octanol–water partition coefficient (Wildman–Crippen LogP) is 1.44. The van der Waals surface area contributed by atoms with Gasteiger partial charge in [0.05, 0.1) is 18.1 Å². The van der Waals surface area contributed by atoms with Gasteiger partial charge in [0.25, 0.3) is 0 Å². The van der Waals surface area contributed by atoms with E-state index in [-0.39, 0.29) is 28.9 Å². The molecule has 1 saturated carbocycles. The Balaban J connectivity index is 1.85.